The average Bonchev–Trinajstić information content (AvgIpc) is 3.36. The monoisotopic (exact) mass is 396 g/mol. The molecule has 6 heteroatoms. The molecule has 0 N–H and O–H groups in total. The highest BCUT2D eigenvalue weighted by Crippen LogP contribution is 2.57. The lowest BCUT2D eigenvalue weighted by molar-refractivity contribution is -0.126. The highest BCUT2D eigenvalue weighted by molar-refractivity contribution is 6.28. The zero-order chi connectivity index (χ0) is 20.5. The van der Waals surface area contributed by atoms with E-state index in [9.17, 15) is 14.4 Å². The van der Waals surface area contributed by atoms with Gasteiger partial charge in [-0.3, -0.25) is 19.2 Å². The van der Waals surface area contributed by atoms with Crippen LogP contribution in [-0.4, -0.2) is 23.7 Å². The number of hydrogen-bond acceptors (Lipinski definition) is 5. The van der Waals surface area contributed by atoms with E-state index < -0.39 is 29.4 Å². The van der Waals surface area contributed by atoms with Gasteiger partial charge < -0.3 is 0 Å². The van der Waals surface area contributed by atoms with Gasteiger partial charge in [-0.2, -0.15) is 0 Å². The van der Waals surface area contributed by atoms with Crippen molar-refractivity contribution < 1.29 is 19.2 Å². The minimum atomic E-state index is -1.41. The van der Waals surface area contributed by atoms with E-state index in [0.29, 0.717) is 22.5 Å². The quantitative estimate of drug-likeness (QED) is 0.623. The average molecular weight is 396 g/mol. The van der Waals surface area contributed by atoms with Crippen molar-refractivity contribution in [2.75, 3.05) is 9.96 Å². The Morgan fingerprint density at radius 2 is 1.37 bits per heavy atom. The molecule has 0 bridgehead atoms. The van der Waals surface area contributed by atoms with Gasteiger partial charge in [-0.25, -0.2) is 9.96 Å². The summed E-state index contributed by atoms with van der Waals surface area (Å²) in [7, 11) is 0. The molecule has 0 spiro atoms. The number of anilines is 2. The van der Waals surface area contributed by atoms with Gasteiger partial charge in [-0.05, 0) is 29.8 Å². The molecule has 3 aliphatic heterocycles. The first-order valence-electron chi connectivity index (χ1n) is 9.75. The zero-order valence-electron chi connectivity index (χ0n) is 15.8. The number of ketones is 1. The number of Topliss-reactive ketones (excluding diaryl/α,β-unsaturated/α-hetero) is 1. The number of benzene rings is 3. The molecule has 2 fully saturated rings. The first kappa shape index (κ1) is 17.1. The van der Waals surface area contributed by atoms with Crippen LogP contribution in [-0.2, 0) is 20.0 Å². The van der Waals surface area contributed by atoms with Crippen LogP contribution in [0, 0.1) is 5.92 Å². The van der Waals surface area contributed by atoms with E-state index in [1.54, 1.807) is 42.5 Å². The summed E-state index contributed by atoms with van der Waals surface area (Å²) in [5, 5.41) is 1.49. The number of rotatable bonds is 2. The Morgan fingerprint density at radius 1 is 0.733 bits per heavy atom. The van der Waals surface area contributed by atoms with E-state index in [1.165, 1.54) is 5.06 Å². The number of nitrogens with zero attached hydrogens (tertiary/aromatic N) is 2. The van der Waals surface area contributed by atoms with Crippen molar-refractivity contribution in [3.8, 4) is 0 Å². The number of carbonyl (C=O) groups excluding carboxylic acids is 3. The maximum Gasteiger partial charge on any atom is 0.266 e. The maximum atomic E-state index is 13.8. The van der Waals surface area contributed by atoms with Crippen molar-refractivity contribution in [2.45, 2.75) is 11.6 Å². The van der Waals surface area contributed by atoms with Crippen LogP contribution in [0.15, 0.2) is 84.9 Å². The van der Waals surface area contributed by atoms with Gasteiger partial charge in [0.1, 0.15) is 5.92 Å². The van der Waals surface area contributed by atoms with Crippen molar-refractivity contribution in [1.82, 2.24) is 0 Å². The van der Waals surface area contributed by atoms with Gasteiger partial charge in [-0.15, -0.1) is 0 Å². The second kappa shape index (κ2) is 5.87. The summed E-state index contributed by atoms with van der Waals surface area (Å²) in [4.78, 5) is 48.0. The van der Waals surface area contributed by atoms with Gasteiger partial charge in [0.2, 0.25) is 5.91 Å². The molecule has 3 atom stereocenters. The number of carbonyl (C=O) groups is 3. The van der Waals surface area contributed by atoms with Gasteiger partial charge in [0, 0.05) is 5.56 Å². The van der Waals surface area contributed by atoms with Crippen LogP contribution in [0.4, 0.5) is 11.4 Å². The fraction of sp³-hybridized carbons (Fsp3) is 0.125. The van der Waals surface area contributed by atoms with Crippen LogP contribution in [0.3, 0.4) is 0 Å². The molecule has 146 valence electrons. The van der Waals surface area contributed by atoms with E-state index in [-0.39, 0.29) is 5.78 Å². The molecule has 0 saturated carbocycles. The van der Waals surface area contributed by atoms with Crippen molar-refractivity contribution >= 4 is 29.0 Å². The molecule has 30 heavy (non-hydrogen) atoms. The Hall–Kier alpha value is -3.77. The molecule has 2 amide bonds. The second-order valence-electron chi connectivity index (χ2n) is 7.62. The van der Waals surface area contributed by atoms with Gasteiger partial charge in [0.15, 0.2) is 17.4 Å². The predicted octanol–water partition coefficient (Wildman–Crippen LogP) is 3.09. The molecule has 0 radical (unpaired) electrons. The molecule has 2 saturated heterocycles. The summed E-state index contributed by atoms with van der Waals surface area (Å²) in [5.74, 6) is -2.09. The van der Waals surface area contributed by atoms with Crippen molar-refractivity contribution in [1.29, 1.82) is 0 Å². The Kier molecular flexibility index (Phi) is 3.35. The van der Waals surface area contributed by atoms with Crippen LogP contribution in [0.1, 0.15) is 15.9 Å². The summed E-state index contributed by atoms with van der Waals surface area (Å²) in [6, 6.07) is 25.0. The smallest absolute Gasteiger partial charge is 0.266 e. The fourth-order valence-corrected chi connectivity index (χ4v) is 4.95. The third-order valence-corrected chi connectivity index (χ3v) is 6.18. The van der Waals surface area contributed by atoms with E-state index in [0.717, 1.165) is 4.90 Å². The number of imide groups is 1. The molecule has 3 aromatic carbocycles. The lowest BCUT2D eigenvalue weighted by Gasteiger charge is -2.34. The van der Waals surface area contributed by atoms with E-state index in [1.807, 2.05) is 42.5 Å². The maximum absolute atomic E-state index is 13.8. The highest BCUT2D eigenvalue weighted by Gasteiger charge is 2.73. The van der Waals surface area contributed by atoms with Crippen molar-refractivity contribution in [3.05, 3.63) is 96.1 Å². The summed E-state index contributed by atoms with van der Waals surface area (Å²) in [6.45, 7) is 0. The SMILES string of the molecule is O=C1[C@H]2ON3c4ccccc4C(=O)[C@]3(c3ccccc3)[C@H]2C(=O)N1c1ccccc1. The molecule has 3 aliphatic rings. The van der Waals surface area contributed by atoms with Crippen LogP contribution < -0.4 is 9.96 Å². The number of hydroxylamine groups is 1. The number of hydrogen-bond donors (Lipinski definition) is 0. The highest BCUT2D eigenvalue weighted by atomic mass is 16.7. The minimum absolute atomic E-state index is 0.229. The lowest BCUT2D eigenvalue weighted by atomic mass is 9.74. The first-order valence-corrected chi connectivity index (χ1v) is 9.75. The summed E-state index contributed by atoms with van der Waals surface area (Å²) in [5.41, 5.74) is 0.759. The molecule has 6 nitrogen and oxygen atoms in total. The van der Waals surface area contributed by atoms with Gasteiger partial charge in [-0.1, -0.05) is 60.7 Å². The van der Waals surface area contributed by atoms with Crippen molar-refractivity contribution in [3.63, 3.8) is 0 Å². The molecule has 0 aliphatic carbocycles. The Bertz CT molecular complexity index is 1210. The molecule has 6 rings (SSSR count). The topological polar surface area (TPSA) is 66.9 Å². The van der Waals surface area contributed by atoms with E-state index in [2.05, 4.69) is 0 Å². The molecular weight excluding hydrogens is 380 g/mol. The fourth-order valence-electron chi connectivity index (χ4n) is 4.95. The number of para-hydroxylation sites is 2. The summed E-state index contributed by atoms with van der Waals surface area (Å²) < 4.78 is 0. The normalized spacial score (nSPS) is 26.7. The molecule has 0 unspecified atom stereocenters. The summed E-state index contributed by atoms with van der Waals surface area (Å²) in [6.07, 6.45) is -1.06. The van der Waals surface area contributed by atoms with Gasteiger partial charge >= 0.3 is 0 Å². The molecule has 3 heterocycles. The van der Waals surface area contributed by atoms with Crippen LogP contribution in [0.5, 0.6) is 0 Å². The van der Waals surface area contributed by atoms with Crippen LogP contribution in [0.25, 0.3) is 0 Å². The number of amides is 2. The lowest BCUT2D eigenvalue weighted by Crippen LogP contribution is -2.51. The van der Waals surface area contributed by atoms with Gasteiger partial charge in [0.25, 0.3) is 5.91 Å². The van der Waals surface area contributed by atoms with E-state index >= 15 is 0 Å². The Morgan fingerprint density at radius 3 is 2.10 bits per heavy atom. The molecular formula is C24H16N2O4. The third kappa shape index (κ3) is 1.89. The second-order valence-corrected chi connectivity index (χ2v) is 7.62. The van der Waals surface area contributed by atoms with Crippen LogP contribution >= 0.6 is 0 Å². The minimum Gasteiger partial charge on any atom is -0.291 e. The molecule has 0 aromatic heterocycles. The van der Waals surface area contributed by atoms with E-state index in [4.69, 9.17) is 4.84 Å². The summed E-state index contributed by atoms with van der Waals surface area (Å²) >= 11 is 0. The largest absolute Gasteiger partial charge is 0.291 e. The third-order valence-electron chi connectivity index (χ3n) is 6.18. The predicted molar refractivity (Wildman–Crippen MR) is 109 cm³/mol. The zero-order valence-corrected chi connectivity index (χ0v) is 15.8. The Labute approximate surface area is 172 Å². The van der Waals surface area contributed by atoms with Crippen molar-refractivity contribution in [2.24, 2.45) is 5.92 Å². The molecule has 3 aromatic rings. The first-order chi connectivity index (χ1) is 14.7. The van der Waals surface area contributed by atoms with Crippen LogP contribution in [0.2, 0.25) is 0 Å². The number of fused-ring (bicyclic) bond motifs is 5. The Balaban J connectivity index is 1.58. The standard InChI is InChI=1S/C24H16N2O4/c27-21-17-13-7-8-14-18(17)26-24(21,15-9-3-1-4-10-15)19-20(30-26)23(29)25(22(19)28)16-11-5-2-6-12-16/h1-14,19-20H/t19-,20+,24+/m1/s1. The van der Waals surface area contributed by atoms with Gasteiger partial charge in [0.05, 0.1) is 11.4 Å².